The molecule has 206 valence electrons. The molecule has 0 bridgehead atoms. The lowest BCUT2D eigenvalue weighted by atomic mass is 10.0. The second kappa shape index (κ2) is 9.13. The lowest BCUT2D eigenvalue weighted by Crippen LogP contribution is -2.11. The third kappa shape index (κ3) is 3.51. The summed E-state index contributed by atoms with van der Waals surface area (Å²) in [4.78, 5) is 7.38. The van der Waals surface area contributed by atoms with Crippen molar-refractivity contribution in [3.05, 3.63) is 134 Å². The zero-order chi connectivity index (χ0) is 28.8. The maximum atomic E-state index is 6.49. The SMILES string of the molecule is c1ccc2c(c1)ccc1oc3cc(N(c4ccc5c(c4)sc4ccccc45)c4ccc5sc6ccccc6c5c4)ncc3c12. The molecule has 0 unspecified atom stereocenters. The average Bonchev–Trinajstić information content (AvgIpc) is 3.75. The van der Waals surface area contributed by atoms with Crippen LogP contribution in [0.2, 0.25) is 0 Å². The van der Waals surface area contributed by atoms with Gasteiger partial charge in [-0.3, -0.25) is 4.90 Å². The van der Waals surface area contributed by atoms with Crippen LogP contribution in [0, 0.1) is 0 Å². The van der Waals surface area contributed by atoms with Crippen LogP contribution in [-0.4, -0.2) is 4.98 Å². The zero-order valence-electron chi connectivity index (χ0n) is 23.3. The third-order valence-corrected chi connectivity index (χ3v) is 11.0. The van der Waals surface area contributed by atoms with Crippen LogP contribution >= 0.6 is 22.7 Å². The maximum Gasteiger partial charge on any atom is 0.141 e. The molecule has 0 N–H and O–H groups in total. The lowest BCUT2D eigenvalue weighted by Gasteiger charge is -2.24. The minimum Gasteiger partial charge on any atom is -0.456 e. The van der Waals surface area contributed by atoms with Gasteiger partial charge in [-0.15, -0.1) is 22.7 Å². The Bertz CT molecular complexity index is 2750. The summed E-state index contributed by atoms with van der Waals surface area (Å²) < 4.78 is 11.6. The van der Waals surface area contributed by atoms with Crippen LogP contribution in [0.3, 0.4) is 0 Å². The number of hydrogen-bond donors (Lipinski definition) is 0. The Kier molecular flexibility index (Phi) is 5.03. The van der Waals surface area contributed by atoms with E-state index in [-0.39, 0.29) is 0 Å². The molecule has 0 spiro atoms. The summed E-state index contributed by atoms with van der Waals surface area (Å²) in [7, 11) is 0. The molecule has 0 aliphatic carbocycles. The monoisotopic (exact) mass is 598 g/mol. The van der Waals surface area contributed by atoms with Gasteiger partial charge in [-0.05, 0) is 59.3 Å². The number of hydrogen-bond acceptors (Lipinski definition) is 5. The van der Waals surface area contributed by atoms with Gasteiger partial charge in [-0.2, -0.15) is 0 Å². The fourth-order valence-electron chi connectivity index (χ4n) is 6.67. The summed E-state index contributed by atoms with van der Waals surface area (Å²) in [5, 5.41) is 9.63. The van der Waals surface area contributed by atoms with Crippen molar-refractivity contribution in [1.82, 2.24) is 4.98 Å². The van der Waals surface area contributed by atoms with Gasteiger partial charge in [0, 0.05) is 74.8 Å². The van der Waals surface area contributed by atoms with E-state index < -0.39 is 0 Å². The first-order valence-corrected chi connectivity index (χ1v) is 16.2. The maximum absolute atomic E-state index is 6.49. The summed E-state index contributed by atoms with van der Waals surface area (Å²) in [5.74, 6) is 0.820. The fourth-order valence-corrected chi connectivity index (χ4v) is 8.90. The summed E-state index contributed by atoms with van der Waals surface area (Å²) in [6.45, 7) is 0. The Morgan fingerprint density at radius 1 is 0.477 bits per heavy atom. The first-order chi connectivity index (χ1) is 21.8. The highest BCUT2D eigenvalue weighted by Crippen LogP contribution is 2.44. The zero-order valence-corrected chi connectivity index (χ0v) is 25.0. The number of pyridine rings is 1. The van der Waals surface area contributed by atoms with Crippen molar-refractivity contribution in [3.8, 4) is 0 Å². The molecular weight excluding hydrogens is 577 g/mol. The second-order valence-electron chi connectivity index (χ2n) is 11.2. The highest BCUT2D eigenvalue weighted by Gasteiger charge is 2.20. The first kappa shape index (κ1) is 24.2. The predicted octanol–water partition coefficient (Wildman–Crippen LogP) is 12.3. The largest absolute Gasteiger partial charge is 0.456 e. The molecule has 0 radical (unpaired) electrons. The quantitative estimate of drug-likeness (QED) is 0.203. The minimum atomic E-state index is 0.820. The molecule has 0 saturated carbocycles. The normalized spacial score (nSPS) is 12.1. The molecule has 0 fully saturated rings. The Morgan fingerprint density at radius 2 is 1.14 bits per heavy atom. The number of furan rings is 1. The van der Waals surface area contributed by atoms with Gasteiger partial charge in [0.15, 0.2) is 0 Å². The van der Waals surface area contributed by atoms with Crippen molar-refractivity contribution < 1.29 is 4.42 Å². The van der Waals surface area contributed by atoms with E-state index in [0.717, 1.165) is 39.1 Å². The molecule has 10 rings (SSSR count). The van der Waals surface area contributed by atoms with Crippen molar-refractivity contribution >= 4 is 113 Å². The summed E-state index contributed by atoms with van der Waals surface area (Å²) in [6, 6.07) is 45.6. The van der Waals surface area contributed by atoms with Gasteiger partial charge in [0.1, 0.15) is 17.0 Å². The van der Waals surface area contributed by atoms with E-state index in [2.05, 4.69) is 132 Å². The molecule has 10 aromatic rings. The standard InChI is InChI=1S/C39H22N2OS2/c1-2-8-26-23(7-1)13-17-32-39(26)31-22-40-38(21-33(31)42-32)41(24-15-18-36-30(19-24)28-10-4-6-12-35(28)43-36)25-14-16-29-27-9-3-5-11-34(27)44-37(29)20-25/h1-22H. The van der Waals surface area contributed by atoms with Crippen molar-refractivity contribution in [3.63, 3.8) is 0 Å². The topological polar surface area (TPSA) is 29.3 Å². The number of aromatic nitrogens is 1. The summed E-state index contributed by atoms with van der Waals surface area (Å²) >= 11 is 3.67. The van der Waals surface area contributed by atoms with Gasteiger partial charge < -0.3 is 4.42 Å². The van der Waals surface area contributed by atoms with Gasteiger partial charge >= 0.3 is 0 Å². The van der Waals surface area contributed by atoms with Crippen LogP contribution in [0.4, 0.5) is 17.2 Å². The van der Waals surface area contributed by atoms with Crippen LogP contribution in [0.25, 0.3) is 73.1 Å². The Hall–Kier alpha value is -5.23. The molecule has 0 aliphatic heterocycles. The van der Waals surface area contributed by atoms with E-state index in [9.17, 15) is 0 Å². The molecule has 6 aromatic carbocycles. The minimum absolute atomic E-state index is 0.820. The first-order valence-electron chi connectivity index (χ1n) is 14.6. The third-order valence-electron chi connectivity index (χ3n) is 8.70. The molecule has 4 aromatic heterocycles. The highest BCUT2D eigenvalue weighted by atomic mass is 32.1. The number of rotatable bonds is 3. The van der Waals surface area contributed by atoms with Crippen LogP contribution in [0.1, 0.15) is 0 Å². The van der Waals surface area contributed by atoms with Crippen LogP contribution < -0.4 is 4.90 Å². The Labute approximate surface area is 259 Å². The molecule has 0 amide bonds. The molecule has 3 nitrogen and oxygen atoms in total. The van der Waals surface area contributed by atoms with E-state index in [1.54, 1.807) is 0 Å². The van der Waals surface area contributed by atoms with Crippen molar-refractivity contribution in [2.24, 2.45) is 0 Å². The van der Waals surface area contributed by atoms with Gasteiger partial charge in [0.05, 0.1) is 0 Å². The number of benzene rings is 6. The van der Waals surface area contributed by atoms with Gasteiger partial charge in [-0.1, -0.05) is 72.8 Å². The number of fused-ring (bicyclic) bond motifs is 11. The van der Waals surface area contributed by atoms with E-state index in [0.29, 0.717) is 0 Å². The van der Waals surface area contributed by atoms with Crippen molar-refractivity contribution in [2.75, 3.05) is 4.90 Å². The van der Waals surface area contributed by atoms with E-state index in [4.69, 9.17) is 9.40 Å². The number of anilines is 3. The molecule has 5 heteroatoms. The number of thiophene rings is 2. The fraction of sp³-hybridized carbons (Fsp3) is 0. The van der Waals surface area contributed by atoms with E-state index in [1.165, 1.54) is 51.1 Å². The lowest BCUT2D eigenvalue weighted by molar-refractivity contribution is 0.669. The van der Waals surface area contributed by atoms with Crippen LogP contribution in [-0.2, 0) is 0 Å². The van der Waals surface area contributed by atoms with E-state index >= 15 is 0 Å². The van der Waals surface area contributed by atoms with Crippen LogP contribution in [0.15, 0.2) is 138 Å². The molecule has 0 aliphatic rings. The van der Waals surface area contributed by atoms with E-state index in [1.807, 2.05) is 28.9 Å². The molecule has 4 heterocycles. The average molecular weight is 599 g/mol. The summed E-state index contributed by atoms with van der Waals surface area (Å²) in [5.41, 5.74) is 3.84. The van der Waals surface area contributed by atoms with Gasteiger partial charge in [0.25, 0.3) is 0 Å². The van der Waals surface area contributed by atoms with Crippen molar-refractivity contribution in [2.45, 2.75) is 0 Å². The summed E-state index contributed by atoms with van der Waals surface area (Å²) in [6.07, 6.45) is 1.98. The Morgan fingerprint density at radius 3 is 2.00 bits per heavy atom. The van der Waals surface area contributed by atoms with Gasteiger partial charge in [0.2, 0.25) is 0 Å². The molecule has 44 heavy (non-hydrogen) atoms. The molecule has 0 atom stereocenters. The molecular formula is C39H22N2OS2. The predicted molar refractivity (Wildman–Crippen MR) is 189 cm³/mol. The van der Waals surface area contributed by atoms with Crippen molar-refractivity contribution in [1.29, 1.82) is 0 Å². The number of nitrogens with zero attached hydrogens (tertiary/aromatic N) is 2. The van der Waals surface area contributed by atoms with Crippen LogP contribution in [0.5, 0.6) is 0 Å². The van der Waals surface area contributed by atoms with Gasteiger partial charge in [-0.25, -0.2) is 4.98 Å². The second-order valence-corrected chi connectivity index (χ2v) is 13.4. The molecule has 0 saturated heterocycles. The highest BCUT2D eigenvalue weighted by molar-refractivity contribution is 7.26. The smallest absolute Gasteiger partial charge is 0.141 e. The Balaban J connectivity index is 1.22.